The molecule has 2 aromatic carbocycles. The Labute approximate surface area is 161 Å². The molecule has 0 radical (unpaired) electrons. The third kappa shape index (κ3) is 4.29. The standard InChI is InChI=1S/C18H16ClN3O4S/c1-11-6-7-13(19)8-17(11)27(24,25)22-15-5-3-4-14(9-15)21-18(23)16-10-20-26-12(16)2/h3-10,22H,1-2H3,(H,21,23). The van der Waals surface area contributed by atoms with E-state index in [9.17, 15) is 13.2 Å². The van der Waals surface area contributed by atoms with Crippen LogP contribution < -0.4 is 10.0 Å². The first-order valence-corrected chi connectivity index (χ1v) is 9.74. The molecule has 0 aliphatic rings. The van der Waals surface area contributed by atoms with Gasteiger partial charge >= 0.3 is 0 Å². The summed E-state index contributed by atoms with van der Waals surface area (Å²) in [6, 6.07) is 11.0. The summed E-state index contributed by atoms with van der Waals surface area (Å²) in [6.07, 6.45) is 1.32. The van der Waals surface area contributed by atoms with Crippen molar-refractivity contribution in [3.63, 3.8) is 0 Å². The summed E-state index contributed by atoms with van der Waals surface area (Å²) in [5.74, 6) is -0.0137. The first-order chi connectivity index (χ1) is 12.8. The number of hydrogen-bond donors (Lipinski definition) is 2. The van der Waals surface area contributed by atoms with Crippen LogP contribution in [0.4, 0.5) is 11.4 Å². The van der Waals surface area contributed by atoms with Gasteiger partial charge in [-0.3, -0.25) is 9.52 Å². The number of carbonyl (C=O) groups is 1. The number of hydrogen-bond acceptors (Lipinski definition) is 5. The number of rotatable bonds is 5. The van der Waals surface area contributed by atoms with Crippen molar-refractivity contribution in [2.24, 2.45) is 0 Å². The van der Waals surface area contributed by atoms with Crippen LogP contribution in [-0.2, 0) is 10.0 Å². The van der Waals surface area contributed by atoms with Crippen molar-refractivity contribution in [3.05, 3.63) is 70.6 Å². The van der Waals surface area contributed by atoms with Crippen LogP contribution in [0.15, 0.2) is 58.1 Å². The Kier molecular flexibility index (Phi) is 5.20. The molecule has 140 valence electrons. The Bertz CT molecular complexity index is 1110. The Morgan fingerprint density at radius 2 is 1.85 bits per heavy atom. The molecule has 0 fully saturated rings. The maximum Gasteiger partial charge on any atom is 0.262 e. The van der Waals surface area contributed by atoms with Gasteiger partial charge in [0.15, 0.2) is 0 Å². The minimum atomic E-state index is -3.83. The highest BCUT2D eigenvalue weighted by Gasteiger charge is 2.18. The molecule has 0 aliphatic carbocycles. The van der Waals surface area contributed by atoms with E-state index in [2.05, 4.69) is 15.2 Å². The number of amides is 1. The van der Waals surface area contributed by atoms with Gasteiger partial charge in [0.25, 0.3) is 15.9 Å². The van der Waals surface area contributed by atoms with Crippen molar-refractivity contribution < 1.29 is 17.7 Å². The van der Waals surface area contributed by atoms with Gasteiger partial charge in [0, 0.05) is 10.7 Å². The fourth-order valence-electron chi connectivity index (χ4n) is 2.45. The first-order valence-electron chi connectivity index (χ1n) is 7.88. The Balaban J connectivity index is 1.82. The molecule has 0 aliphatic heterocycles. The summed E-state index contributed by atoms with van der Waals surface area (Å²) in [5.41, 5.74) is 1.59. The normalized spacial score (nSPS) is 11.2. The molecule has 3 rings (SSSR count). The minimum absolute atomic E-state index is 0.0875. The highest BCUT2D eigenvalue weighted by molar-refractivity contribution is 7.92. The lowest BCUT2D eigenvalue weighted by molar-refractivity contribution is 0.102. The van der Waals surface area contributed by atoms with Gasteiger partial charge in [-0.1, -0.05) is 28.9 Å². The molecule has 7 nitrogen and oxygen atoms in total. The lowest BCUT2D eigenvalue weighted by Gasteiger charge is -2.12. The number of benzene rings is 2. The van der Waals surface area contributed by atoms with Crippen LogP contribution in [0, 0.1) is 13.8 Å². The number of carbonyl (C=O) groups excluding carboxylic acids is 1. The lowest BCUT2D eigenvalue weighted by atomic mass is 10.2. The Morgan fingerprint density at radius 1 is 1.11 bits per heavy atom. The van der Waals surface area contributed by atoms with E-state index in [0.29, 0.717) is 33.3 Å². The average Bonchev–Trinajstić information content (AvgIpc) is 3.03. The maximum atomic E-state index is 12.7. The Hall–Kier alpha value is -2.84. The van der Waals surface area contributed by atoms with E-state index < -0.39 is 15.9 Å². The quantitative estimate of drug-likeness (QED) is 0.668. The fraction of sp³-hybridized carbons (Fsp3) is 0.111. The minimum Gasteiger partial charge on any atom is -0.361 e. The van der Waals surface area contributed by atoms with E-state index in [1.807, 2.05) is 0 Å². The van der Waals surface area contributed by atoms with E-state index in [4.69, 9.17) is 16.1 Å². The molecule has 1 aromatic heterocycles. The van der Waals surface area contributed by atoms with Gasteiger partial charge < -0.3 is 9.84 Å². The molecule has 1 amide bonds. The molecule has 0 saturated carbocycles. The van der Waals surface area contributed by atoms with E-state index in [0.717, 1.165) is 0 Å². The predicted octanol–water partition coefficient (Wildman–Crippen LogP) is 4.00. The molecule has 0 saturated heterocycles. The van der Waals surface area contributed by atoms with E-state index >= 15 is 0 Å². The molecule has 0 atom stereocenters. The maximum absolute atomic E-state index is 12.7. The molecule has 2 N–H and O–H groups in total. The van der Waals surface area contributed by atoms with Crippen molar-refractivity contribution in [3.8, 4) is 0 Å². The van der Waals surface area contributed by atoms with Gasteiger partial charge in [-0.15, -0.1) is 0 Å². The summed E-state index contributed by atoms with van der Waals surface area (Å²) in [6.45, 7) is 3.31. The molecule has 1 heterocycles. The van der Waals surface area contributed by atoms with Crippen molar-refractivity contribution in [1.29, 1.82) is 0 Å². The number of sulfonamides is 1. The highest BCUT2D eigenvalue weighted by atomic mass is 35.5. The van der Waals surface area contributed by atoms with Crippen LogP contribution in [0.5, 0.6) is 0 Å². The number of aryl methyl sites for hydroxylation is 2. The smallest absolute Gasteiger partial charge is 0.262 e. The number of halogens is 1. The summed E-state index contributed by atoms with van der Waals surface area (Å²) < 4.78 is 32.7. The average molecular weight is 406 g/mol. The molecule has 0 bridgehead atoms. The topological polar surface area (TPSA) is 101 Å². The predicted molar refractivity (Wildman–Crippen MR) is 103 cm³/mol. The molecule has 0 unspecified atom stereocenters. The first kappa shape index (κ1) is 18.9. The van der Waals surface area contributed by atoms with Crippen LogP contribution in [0.25, 0.3) is 0 Å². The third-order valence-electron chi connectivity index (χ3n) is 3.81. The molecule has 3 aromatic rings. The van der Waals surface area contributed by atoms with Gasteiger partial charge in [0.1, 0.15) is 11.3 Å². The monoisotopic (exact) mass is 405 g/mol. The molecule has 0 spiro atoms. The van der Waals surface area contributed by atoms with E-state index in [1.54, 1.807) is 44.2 Å². The van der Waals surface area contributed by atoms with Crippen molar-refractivity contribution in [2.75, 3.05) is 10.0 Å². The van der Waals surface area contributed by atoms with Gasteiger partial charge in [0.2, 0.25) is 0 Å². The number of nitrogens with zero attached hydrogens (tertiary/aromatic N) is 1. The zero-order valence-corrected chi connectivity index (χ0v) is 16.1. The summed E-state index contributed by atoms with van der Waals surface area (Å²) in [7, 11) is -3.83. The molecular formula is C18H16ClN3O4S. The summed E-state index contributed by atoms with van der Waals surface area (Å²) in [5, 5.41) is 6.56. The number of nitrogens with one attached hydrogen (secondary N) is 2. The SMILES string of the molecule is Cc1ccc(Cl)cc1S(=O)(=O)Nc1cccc(NC(=O)c2cnoc2C)c1. The van der Waals surface area contributed by atoms with E-state index in [1.165, 1.54) is 18.3 Å². The summed E-state index contributed by atoms with van der Waals surface area (Å²) >= 11 is 5.92. The fourth-order valence-corrected chi connectivity index (χ4v) is 4.01. The number of aromatic nitrogens is 1. The van der Waals surface area contributed by atoms with Crippen LogP contribution >= 0.6 is 11.6 Å². The van der Waals surface area contributed by atoms with Crippen molar-refractivity contribution in [2.45, 2.75) is 18.7 Å². The number of anilines is 2. The van der Waals surface area contributed by atoms with E-state index in [-0.39, 0.29) is 4.90 Å². The lowest BCUT2D eigenvalue weighted by Crippen LogP contribution is -2.15. The third-order valence-corrected chi connectivity index (χ3v) is 5.57. The second kappa shape index (κ2) is 7.42. The zero-order chi connectivity index (χ0) is 19.6. The van der Waals surface area contributed by atoms with Gasteiger partial charge in [-0.2, -0.15) is 0 Å². The van der Waals surface area contributed by atoms with Crippen LogP contribution in [0.1, 0.15) is 21.7 Å². The van der Waals surface area contributed by atoms with Crippen molar-refractivity contribution >= 4 is 38.9 Å². The van der Waals surface area contributed by atoms with Crippen molar-refractivity contribution in [1.82, 2.24) is 5.16 Å². The van der Waals surface area contributed by atoms with Gasteiger partial charge in [-0.05, 0) is 49.7 Å². The van der Waals surface area contributed by atoms with Gasteiger partial charge in [0.05, 0.1) is 16.8 Å². The molecule has 27 heavy (non-hydrogen) atoms. The molecule has 9 heteroatoms. The zero-order valence-electron chi connectivity index (χ0n) is 14.5. The molecular weight excluding hydrogens is 390 g/mol. The second-order valence-corrected chi connectivity index (χ2v) is 7.93. The largest absolute Gasteiger partial charge is 0.361 e. The second-order valence-electron chi connectivity index (χ2n) is 5.85. The van der Waals surface area contributed by atoms with Gasteiger partial charge in [-0.25, -0.2) is 8.42 Å². The summed E-state index contributed by atoms with van der Waals surface area (Å²) in [4.78, 5) is 12.3. The van der Waals surface area contributed by atoms with Crippen LogP contribution in [0.3, 0.4) is 0 Å². The Morgan fingerprint density at radius 3 is 2.56 bits per heavy atom. The van der Waals surface area contributed by atoms with Crippen LogP contribution in [-0.4, -0.2) is 19.5 Å². The van der Waals surface area contributed by atoms with Crippen LogP contribution in [0.2, 0.25) is 5.02 Å². The highest BCUT2D eigenvalue weighted by Crippen LogP contribution is 2.24.